The summed E-state index contributed by atoms with van der Waals surface area (Å²) in [6, 6.07) is -0.659. The van der Waals surface area contributed by atoms with Gasteiger partial charge in [0.1, 0.15) is 12.0 Å². The average Bonchev–Trinajstić information content (AvgIpc) is 3.20. The first-order valence-electron chi connectivity index (χ1n) is 9.69. The van der Waals surface area contributed by atoms with Crippen LogP contribution < -0.4 is 0 Å². The number of hydrogen-bond donors (Lipinski definition) is 1. The molecule has 0 aromatic rings. The second-order valence-electron chi connectivity index (χ2n) is 9.26. The van der Waals surface area contributed by atoms with Crippen LogP contribution >= 0.6 is 0 Å². The molecule has 0 spiro atoms. The molecular formula is C18H25F2NO9S. The van der Waals surface area contributed by atoms with Gasteiger partial charge in [-0.15, -0.1) is 0 Å². The summed E-state index contributed by atoms with van der Waals surface area (Å²) < 4.78 is 72.9. The zero-order valence-electron chi connectivity index (χ0n) is 17.6. The highest BCUT2D eigenvalue weighted by Crippen LogP contribution is 2.54. The Morgan fingerprint density at radius 3 is 2.29 bits per heavy atom. The molecule has 1 amide bonds. The predicted octanol–water partition coefficient (Wildman–Crippen LogP) is 0.601. The van der Waals surface area contributed by atoms with Gasteiger partial charge in [0.25, 0.3) is 0 Å². The minimum absolute atomic E-state index is 0.475. The van der Waals surface area contributed by atoms with Crippen LogP contribution in [0.2, 0.25) is 0 Å². The zero-order valence-corrected chi connectivity index (χ0v) is 18.4. The quantitative estimate of drug-likeness (QED) is 0.438. The second-order valence-corrected chi connectivity index (χ2v) is 10.8. The Labute approximate surface area is 177 Å². The minimum atomic E-state index is -5.80. The van der Waals surface area contributed by atoms with Gasteiger partial charge in [-0.1, -0.05) is 13.8 Å². The van der Waals surface area contributed by atoms with Gasteiger partial charge >= 0.3 is 27.3 Å². The number of ether oxygens (including phenoxy) is 3. The molecule has 1 N–H and O–H groups in total. The molecule has 6 atom stereocenters. The molecule has 0 aromatic carbocycles. The van der Waals surface area contributed by atoms with E-state index in [1.165, 1.54) is 4.90 Å². The molecule has 10 nitrogen and oxygen atoms in total. The fraction of sp³-hybridized carbons (Fsp3) is 0.833. The molecule has 3 fully saturated rings. The number of halogens is 2. The van der Waals surface area contributed by atoms with E-state index in [-0.39, 0.29) is 0 Å². The maximum absolute atomic E-state index is 13.5. The molecule has 0 aliphatic carbocycles. The van der Waals surface area contributed by atoms with Crippen molar-refractivity contribution in [2.45, 2.75) is 69.8 Å². The van der Waals surface area contributed by atoms with Gasteiger partial charge < -0.3 is 19.1 Å². The van der Waals surface area contributed by atoms with Crippen molar-refractivity contribution in [2.24, 2.45) is 17.8 Å². The normalized spacial score (nSPS) is 32.7. The summed E-state index contributed by atoms with van der Waals surface area (Å²) in [6.45, 7) is 6.54. The van der Waals surface area contributed by atoms with Gasteiger partial charge in [0, 0.05) is 5.54 Å². The molecule has 3 aliphatic heterocycles. The smallest absolute Gasteiger partial charge is 0.402 e. The summed E-state index contributed by atoms with van der Waals surface area (Å²) in [5, 5.41) is -4.72. The largest absolute Gasteiger partial charge is 0.458 e. The standard InChI is InChI=1S/C18H25F2NO9S/c1-7(2)15(23)30-13-10-11-8(14(22)21(10)17(3,4)5)9(12(13)29-11)16(24)28-6-18(19,20)31(25,26)27/h7-13H,6H2,1-5H3,(H,25,26,27). The number of nitrogens with zero attached hydrogens (tertiary/aromatic N) is 1. The van der Waals surface area contributed by atoms with E-state index in [2.05, 4.69) is 4.74 Å². The van der Waals surface area contributed by atoms with Crippen LogP contribution in [-0.4, -0.2) is 77.5 Å². The van der Waals surface area contributed by atoms with Crippen molar-refractivity contribution in [3.63, 3.8) is 0 Å². The summed E-state index contributed by atoms with van der Waals surface area (Å²) in [6.07, 6.45) is -2.96. The number of amides is 1. The first-order chi connectivity index (χ1) is 14.0. The molecule has 3 saturated heterocycles. The summed E-state index contributed by atoms with van der Waals surface area (Å²) in [7, 11) is -5.80. The highest BCUT2D eigenvalue weighted by atomic mass is 32.2. The van der Waals surface area contributed by atoms with Crippen molar-refractivity contribution in [1.82, 2.24) is 4.90 Å². The Kier molecular flexibility index (Phi) is 5.63. The monoisotopic (exact) mass is 469 g/mol. The van der Waals surface area contributed by atoms with Crippen LogP contribution in [0.1, 0.15) is 34.6 Å². The van der Waals surface area contributed by atoms with E-state index >= 15 is 0 Å². The van der Waals surface area contributed by atoms with Crippen LogP contribution in [0, 0.1) is 17.8 Å². The number of rotatable bonds is 6. The van der Waals surface area contributed by atoms with Crippen LogP contribution in [0.25, 0.3) is 0 Å². The van der Waals surface area contributed by atoms with Gasteiger partial charge in [0.15, 0.2) is 12.7 Å². The van der Waals surface area contributed by atoms with Crippen molar-refractivity contribution in [3.8, 4) is 0 Å². The third-order valence-corrected chi connectivity index (χ3v) is 6.58. The molecule has 31 heavy (non-hydrogen) atoms. The fourth-order valence-corrected chi connectivity index (χ4v) is 4.61. The zero-order chi connectivity index (χ0) is 23.7. The molecule has 3 rings (SSSR count). The van der Waals surface area contributed by atoms with Crippen molar-refractivity contribution in [1.29, 1.82) is 0 Å². The number of hydrogen-bond acceptors (Lipinski definition) is 8. The lowest BCUT2D eigenvalue weighted by atomic mass is 9.78. The molecule has 3 aliphatic rings. The van der Waals surface area contributed by atoms with Crippen LogP contribution in [0.5, 0.6) is 0 Å². The van der Waals surface area contributed by atoms with Gasteiger partial charge in [0.2, 0.25) is 5.91 Å². The van der Waals surface area contributed by atoms with E-state index < -0.39 is 87.5 Å². The molecular weight excluding hydrogens is 444 g/mol. The van der Waals surface area contributed by atoms with E-state index in [1.54, 1.807) is 34.6 Å². The van der Waals surface area contributed by atoms with Gasteiger partial charge in [-0.3, -0.25) is 18.9 Å². The number of carbonyl (C=O) groups excluding carboxylic acids is 3. The summed E-state index contributed by atoms with van der Waals surface area (Å²) in [5.74, 6) is -5.28. The van der Waals surface area contributed by atoms with Gasteiger partial charge in [0.05, 0.1) is 24.0 Å². The summed E-state index contributed by atoms with van der Waals surface area (Å²) >= 11 is 0. The van der Waals surface area contributed by atoms with Gasteiger partial charge in [-0.05, 0) is 20.8 Å². The Morgan fingerprint density at radius 2 is 1.81 bits per heavy atom. The summed E-state index contributed by atoms with van der Waals surface area (Å²) in [5.41, 5.74) is -0.716. The molecule has 13 heteroatoms. The van der Waals surface area contributed by atoms with Crippen molar-refractivity contribution >= 4 is 28.0 Å². The molecule has 3 heterocycles. The molecule has 0 aromatic heterocycles. The number of esters is 2. The molecule has 176 valence electrons. The topological polar surface area (TPSA) is 137 Å². The van der Waals surface area contributed by atoms with Gasteiger partial charge in [-0.2, -0.15) is 17.2 Å². The molecule has 6 unspecified atom stereocenters. The van der Waals surface area contributed by atoms with Crippen molar-refractivity contribution < 1.29 is 50.3 Å². The number of likely N-dealkylation sites (tertiary alicyclic amines) is 1. The first kappa shape index (κ1) is 23.8. The Bertz CT molecular complexity index is 898. The van der Waals surface area contributed by atoms with Crippen molar-refractivity contribution in [3.05, 3.63) is 0 Å². The van der Waals surface area contributed by atoms with Crippen LogP contribution in [0.4, 0.5) is 8.78 Å². The van der Waals surface area contributed by atoms with Gasteiger partial charge in [-0.25, -0.2) is 0 Å². The third-order valence-electron chi connectivity index (χ3n) is 5.71. The lowest BCUT2D eigenvalue weighted by Gasteiger charge is -2.38. The van der Waals surface area contributed by atoms with E-state index in [9.17, 15) is 31.6 Å². The fourth-order valence-electron chi connectivity index (χ4n) is 4.40. The Morgan fingerprint density at radius 1 is 1.23 bits per heavy atom. The predicted molar refractivity (Wildman–Crippen MR) is 98.2 cm³/mol. The first-order valence-corrected chi connectivity index (χ1v) is 11.1. The lowest BCUT2D eigenvalue weighted by Crippen LogP contribution is -2.55. The second kappa shape index (κ2) is 7.34. The maximum Gasteiger partial charge on any atom is 0.402 e. The minimum Gasteiger partial charge on any atom is -0.458 e. The Hall–Kier alpha value is -1.86. The number of alkyl halides is 2. The van der Waals surface area contributed by atoms with Crippen molar-refractivity contribution in [2.75, 3.05) is 6.61 Å². The average molecular weight is 469 g/mol. The van der Waals surface area contributed by atoms with E-state index in [4.69, 9.17) is 14.0 Å². The van der Waals surface area contributed by atoms with Crippen LogP contribution in [-0.2, 0) is 38.7 Å². The SMILES string of the molecule is CC(C)C(=O)OC1C2OC3C(C(=O)N(C(C)(C)C)C13)C2C(=O)OCC(F)(F)S(=O)(=O)O. The van der Waals surface area contributed by atoms with Crippen LogP contribution in [0.3, 0.4) is 0 Å². The molecule has 0 radical (unpaired) electrons. The molecule has 0 saturated carbocycles. The number of fused-ring (bicyclic) bond motifs is 1. The summed E-state index contributed by atoms with van der Waals surface area (Å²) in [4.78, 5) is 39.5. The highest BCUT2D eigenvalue weighted by molar-refractivity contribution is 7.86. The lowest BCUT2D eigenvalue weighted by molar-refractivity contribution is -0.167. The maximum atomic E-state index is 13.5. The van der Waals surface area contributed by atoms with E-state index in [0.29, 0.717) is 0 Å². The van der Waals surface area contributed by atoms with Crippen LogP contribution in [0.15, 0.2) is 0 Å². The highest BCUT2D eigenvalue weighted by Gasteiger charge is 2.74. The third kappa shape index (κ3) is 3.80. The Balaban J connectivity index is 1.90. The van der Waals surface area contributed by atoms with E-state index in [1.807, 2.05) is 0 Å². The van der Waals surface area contributed by atoms with E-state index in [0.717, 1.165) is 0 Å². The number of carbonyl (C=O) groups is 3. The molecule has 2 bridgehead atoms.